The average Bonchev–Trinajstić information content (AvgIpc) is 2.45. The highest BCUT2D eigenvalue weighted by molar-refractivity contribution is 6.79. The molecule has 0 atom stereocenters. The minimum absolute atomic E-state index is 0.377. The van der Waals surface area contributed by atoms with Crippen LogP contribution in [0.3, 0.4) is 0 Å². The van der Waals surface area contributed by atoms with Gasteiger partial charge < -0.3 is 4.74 Å². The molecule has 0 N–H and O–H groups in total. The van der Waals surface area contributed by atoms with Gasteiger partial charge in [0.25, 0.3) is 0 Å². The first-order valence-corrected chi connectivity index (χ1v) is 7.66. The van der Waals surface area contributed by atoms with Crippen LogP contribution in [0.5, 0.6) is 0 Å². The Morgan fingerprint density at radius 3 is 1.90 bits per heavy atom. The molecule has 0 saturated heterocycles. The summed E-state index contributed by atoms with van der Waals surface area (Å²) in [6, 6.07) is 0. The third kappa shape index (κ3) is 1.27. The molecule has 1 rings (SSSR count). The molecule has 0 unspecified atom stereocenters. The van der Waals surface area contributed by atoms with Crippen LogP contribution in [-0.2, 0) is 4.74 Å². The first-order valence-electron chi connectivity index (χ1n) is 4.16. The van der Waals surface area contributed by atoms with E-state index >= 15 is 0 Å². The van der Waals surface area contributed by atoms with Crippen LogP contribution in [0.25, 0.3) is 0 Å². The molecule has 1 aliphatic rings. The molecule has 1 saturated carbocycles. The van der Waals surface area contributed by atoms with E-state index in [1.165, 1.54) is 12.8 Å². The van der Waals surface area contributed by atoms with Crippen LogP contribution in [0.4, 0.5) is 0 Å². The zero-order valence-corrected chi connectivity index (χ0v) is 8.53. The standard InChI is InChI=1S/C8H18OSi/c1-5-9-8(6-7-8)10(2,3)4/h5-7H2,1-4H3. The molecule has 0 bridgehead atoms. The van der Waals surface area contributed by atoms with Crippen molar-refractivity contribution in [1.82, 2.24) is 0 Å². The minimum Gasteiger partial charge on any atom is -0.379 e. The Kier molecular flexibility index (Phi) is 1.94. The fourth-order valence-corrected chi connectivity index (χ4v) is 3.70. The Bertz CT molecular complexity index is 122. The molecule has 60 valence electrons. The SMILES string of the molecule is CCOC1([Si](C)(C)C)CC1. The summed E-state index contributed by atoms with van der Waals surface area (Å²) in [5, 5.41) is 0.377. The maximum absolute atomic E-state index is 5.77. The van der Waals surface area contributed by atoms with Gasteiger partial charge in [0.05, 0.1) is 13.3 Å². The van der Waals surface area contributed by atoms with Gasteiger partial charge in [0.15, 0.2) is 0 Å². The summed E-state index contributed by atoms with van der Waals surface area (Å²) >= 11 is 0. The summed E-state index contributed by atoms with van der Waals surface area (Å²) in [6.45, 7) is 10.2. The smallest absolute Gasteiger partial charge is 0.0824 e. The van der Waals surface area contributed by atoms with Crippen LogP contribution in [0.15, 0.2) is 0 Å². The molecule has 0 aromatic carbocycles. The first kappa shape index (κ1) is 8.28. The summed E-state index contributed by atoms with van der Waals surface area (Å²) in [5.74, 6) is 0. The number of hydrogen-bond donors (Lipinski definition) is 0. The van der Waals surface area contributed by atoms with E-state index in [4.69, 9.17) is 4.74 Å². The third-order valence-electron chi connectivity index (χ3n) is 2.49. The first-order chi connectivity index (χ1) is 4.52. The largest absolute Gasteiger partial charge is 0.379 e. The number of ether oxygens (including phenoxy) is 1. The Labute approximate surface area is 64.8 Å². The highest BCUT2D eigenvalue weighted by Crippen LogP contribution is 2.46. The molecule has 0 radical (unpaired) electrons. The summed E-state index contributed by atoms with van der Waals surface area (Å²) < 4.78 is 5.77. The Morgan fingerprint density at radius 2 is 1.80 bits per heavy atom. The molecule has 0 aromatic rings. The predicted octanol–water partition coefficient (Wildman–Crippen LogP) is 2.43. The summed E-state index contributed by atoms with van der Waals surface area (Å²) in [4.78, 5) is 0. The van der Waals surface area contributed by atoms with Crippen molar-refractivity contribution < 1.29 is 4.74 Å². The van der Waals surface area contributed by atoms with Crippen molar-refractivity contribution in [1.29, 1.82) is 0 Å². The van der Waals surface area contributed by atoms with E-state index in [-0.39, 0.29) is 0 Å². The molecule has 1 fully saturated rings. The normalized spacial score (nSPS) is 22.8. The van der Waals surface area contributed by atoms with Crippen molar-refractivity contribution in [2.45, 2.75) is 44.6 Å². The second kappa shape index (κ2) is 2.34. The van der Waals surface area contributed by atoms with Gasteiger partial charge >= 0.3 is 0 Å². The molecule has 0 heterocycles. The van der Waals surface area contributed by atoms with Crippen LogP contribution in [0.1, 0.15) is 19.8 Å². The van der Waals surface area contributed by atoms with Crippen molar-refractivity contribution in [3.63, 3.8) is 0 Å². The van der Waals surface area contributed by atoms with Crippen LogP contribution in [-0.4, -0.2) is 19.9 Å². The van der Waals surface area contributed by atoms with Gasteiger partial charge in [-0.3, -0.25) is 0 Å². The summed E-state index contributed by atoms with van der Waals surface area (Å²) in [6.07, 6.45) is 2.63. The molecule has 0 aliphatic heterocycles. The number of rotatable bonds is 3. The molecular weight excluding hydrogens is 140 g/mol. The van der Waals surface area contributed by atoms with Crippen LogP contribution >= 0.6 is 0 Å². The lowest BCUT2D eigenvalue weighted by Gasteiger charge is -2.28. The van der Waals surface area contributed by atoms with Crippen molar-refractivity contribution in [2.24, 2.45) is 0 Å². The van der Waals surface area contributed by atoms with Gasteiger partial charge in [-0.25, -0.2) is 0 Å². The summed E-state index contributed by atoms with van der Waals surface area (Å²) in [5.41, 5.74) is 0. The lowest BCUT2D eigenvalue weighted by molar-refractivity contribution is 0.0938. The van der Waals surface area contributed by atoms with Crippen molar-refractivity contribution in [2.75, 3.05) is 6.61 Å². The molecule has 1 aliphatic carbocycles. The summed E-state index contributed by atoms with van der Waals surface area (Å²) in [7, 11) is -1.02. The lowest BCUT2D eigenvalue weighted by atomic mass is 10.7. The maximum Gasteiger partial charge on any atom is 0.0824 e. The van der Waals surface area contributed by atoms with E-state index in [1.54, 1.807) is 0 Å². The van der Waals surface area contributed by atoms with Crippen molar-refractivity contribution >= 4 is 8.07 Å². The topological polar surface area (TPSA) is 9.23 Å². The van der Waals surface area contributed by atoms with E-state index < -0.39 is 8.07 Å². The fraction of sp³-hybridized carbons (Fsp3) is 1.00. The number of hydrogen-bond acceptors (Lipinski definition) is 1. The molecule has 0 aromatic heterocycles. The fourth-order valence-electron chi connectivity index (χ4n) is 1.50. The van der Waals surface area contributed by atoms with E-state index in [9.17, 15) is 0 Å². The van der Waals surface area contributed by atoms with Crippen LogP contribution in [0, 0.1) is 0 Å². The molecule has 0 amide bonds. The molecular formula is C8H18OSi. The quantitative estimate of drug-likeness (QED) is 0.573. The molecule has 0 spiro atoms. The lowest BCUT2D eigenvalue weighted by Crippen LogP contribution is -2.42. The van der Waals surface area contributed by atoms with E-state index in [0.29, 0.717) is 5.22 Å². The van der Waals surface area contributed by atoms with Gasteiger partial charge in [0, 0.05) is 6.61 Å². The van der Waals surface area contributed by atoms with Crippen LogP contribution < -0.4 is 0 Å². The minimum atomic E-state index is -1.02. The zero-order chi connectivity index (χ0) is 7.83. The van der Waals surface area contributed by atoms with Gasteiger partial charge in [-0.1, -0.05) is 19.6 Å². The van der Waals surface area contributed by atoms with Gasteiger partial charge in [0.2, 0.25) is 0 Å². The van der Waals surface area contributed by atoms with Gasteiger partial charge in [-0.2, -0.15) is 0 Å². The highest BCUT2D eigenvalue weighted by Gasteiger charge is 2.53. The second-order valence-corrected chi connectivity index (χ2v) is 9.59. The Morgan fingerprint density at radius 1 is 1.30 bits per heavy atom. The van der Waals surface area contributed by atoms with Gasteiger partial charge in [0.1, 0.15) is 0 Å². The van der Waals surface area contributed by atoms with Gasteiger partial charge in [-0.05, 0) is 19.8 Å². The average molecular weight is 158 g/mol. The molecule has 1 nitrogen and oxygen atoms in total. The third-order valence-corrected chi connectivity index (χ3v) is 5.87. The predicted molar refractivity (Wildman–Crippen MR) is 46.9 cm³/mol. The van der Waals surface area contributed by atoms with Gasteiger partial charge in [-0.15, -0.1) is 0 Å². The van der Waals surface area contributed by atoms with Crippen LogP contribution in [0.2, 0.25) is 19.6 Å². The molecule has 2 heteroatoms. The highest BCUT2D eigenvalue weighted by atomic mass is 28.3. The Balaban J connectivity index is 2.52. The monoisotopic (exact) mass is 158 g/mol. The van der Waals surface area contributed by atoms with E-state index in [0.717, 1.165) is 6.61 Å². The Hall–Kier alpha value is 0.177. The zero-order valence-electron chi connectivity index (χ0n) is 7.53. The van der Waals surface area contributed by atoms with E-state index in [1.807, 2.05) is 0 Å². The second-order valence-electron chi connectivity index (χ2n) is 4.18. The van der Waals surface area contributed by atoms with Crippen molar-refractivity contribution in [3.05, 3.63) is 0 Å². The van der Waals surface area contributed by atoms with Crippen molar-refractivity contribution in [3.8, 4) is 0 Å². The van der Waals surface area contributed by atoms with E-state index in [2.05, 4.69) is 26.6 Å². The maximum atomic E-state index is 5.77. The molecule has 10 heavy (non-hydrogen) atoms.